The fraction of sp³-hybridized carbons (Fsp3) is 0.750. The monoisotopic (exact) mass is 192 g/mol. The summed E-state index contributed by atoms with van der Waals surface area (Å²) in [6.07, 6.45) is 9.11. The Balaban J connectivity index is 2.02. The van der Waals surface area contributed by atoms with Crippen molar-refractivity contribution in [1.29, 1.82) is 0 Å². The zero-order valence-corrected chi connectivity index (χ0v) is 8.47. The van der Waals surface area contributed by atoms with Gasteiger partial charge in [-0.25, -0.2) is 4.79 Å². The lowest BCUT2D eigenvalue weighted by Crippen LogP contribution is -2.28. The van der Waals surface area contributed by atoms with Gasteiger partial charge in [-0.1, -0.05) is 0 Å². The maximum absolute atomic E-state index is 11.7. The number of esters is 1. The third-order valence-corrected chi connectivity index (χ3v) is 3.96. The van der Waals surface area contributed by atoms with Crippen LogP contribution in [-0.4, -0.2) is 11.6 Å². The van der Waals surface area contributed by atoms with E-state index in [9.17, 15) is 4.79 Å². The van der Waals surface area contributed by atoms with Gasteiger partial charge in [0.1, 0.15) is 5.60 Å². The Morgan fingerprint density at radius 3 is 2.50 bits per heavy atom. The van der Waals surface area contributed by atoms with E-state index < -0.39 is 0 Å². The molecule has 0 atom stereocenters. The van der Waals surface area contributed by atoms with Crippen LogP contribution in [-0.2, 0) is 9.53 Å². The second kappa shape index (κ2) is 2.85. The molecule has 1 aliphatic heterocycles. The van der Waals surface area contributed by atoms with Gasteiger partial charge in [-0.05, 0) is 56.9 Å². The Morgan fingerprint density at radius 2 is 1.71 bits per heavy atom. The van der Waals surface area contributed by atoms with Gasteiger partial charge in [0.05, 0.1) is 0 Å². The summed E-state index contributed by atoms with van der Waals surface area (Å²) in [4.78, 5) is 11.7. The minimum Gasteiger partial charge on any atom is -0.451 e. The number of fused-ring (bicyclic) bond motifs is 1. The van der Waals surface area contributed by atoms with Crippen LogP contribution in [0.15, 0.2) is 11.1 Å². The van der Waals surface area contributed by atoms with Crippen molar-refractivity contribution in [2.24, 2.45) is 0 Å². The maximum atomic E-state index is 11.7. The van der Waals surface area contributed by atoms with E-state index in [1.165, 1.54) is 31.3 Å². The van der Waals surface area contributed by atoms with Gasteiger partial charge in [0, 0.05) is 5.57 Å². The van der Waals surface area contributed by atoms with Gasteiger partial charge in [0.2, 0.25) is 0 Å². The molecule has 1 fully saturated rings. The van der Waals surface area contributed by atoms with Crippen LogP contribution < -0.4 is 0 Å². The third kappa shape index (κ3) is 0.999. The summed E-state index contributed by atoms with van der Waals surface area (Å²) in [5.41, 5.74) is 2.30. The van der Waals surface area contributed by atoms with Gasteiger partial charge in [0.15, 0.2) is 0 Å². The van der Waals surface area contributed by atoms with Crippen molar-refractivity contribution in [3.05, 3.63) is 11.1 Å². The van der Waals surface area contributed by atoms with Crippen molar-refractivity contribution in [2.45, 2.75) is 57.0 Å². The Labute approximate surface area is 84.3 Å². The quantitative estimate of drug-likeness (QED) is 0.552. The second-order valence-electron chi connectivity index (χ2n) is 4.76. The van der Waals surface area contributed by atoms with Crippen LogP contribution in [0.3, 0.4) is 0 Å². The molecule has 14 heavy (non-hydrogen) atoms. The topological polar surface area (TPSA) is 26.3 Å². The first-order valence-corrected chi connectivity index (χ1v) is 5.78. The maximum Gasteiger partial charge on any atom is 0.334 e. The average Bonchev–Trinajstić information content (AvgIpc) is 2.77. The summed E-state index contributed by atoms with van der Waals surface area (Å²) in [6.45, 7) is 0. The van der Waals surface area contributed by atoms with Crippen LogP contribution in [0.25, 0.3) is 0 Å². The molecule has 0 saturated heterocycles. The number of carbonyl (C=O) groups is 1. The Hall–Kier alpha value is -0.790. The number of ether oxygens (including phenoxy) is 1. The molecule has 0 radical (unpaired) electrons. The zero-order valence-electron chi connectivity index (χ0n) is 8.47. The largest absolute Gasteiger partial charge is 0.451 e. The van der Waals surface area contributed by atoms with Gasteiger partial charge in [0.25, 0.3) is 0 Å². The molecule has 1 heterocycles. The normalized spacial score (nSPS) is 29.6. The van der Waals surface area contributed by atoms with Gasteiger partial charge in [-0.2, -0.15) is 0 Å². The Bertz CT molecular complexity index is 308. The highest BCUT2D eigenvalue weighted by molar-refractivity contribution is 5.93. The van der Waals surface area contributed by atoms with E-state index in [0.29, 0.717) is 0 Å². The van der Waals surface area contributed by atoms with Crippen molar-refractivity contribution in [3.63, 3.8) is 0 Å². The van der Waals surface area contributed by atoms with E-state index in [4.69, 9.17) is 4.74 Å². The number of hydrogen-bond acceptors (Lipinski definition) is 2. The molecule has 1 saturated carbocycles. The van der Waals surface area contributed by atoms with Crippen molar-refractivity contribution < 1.29 is 9.53 Å². The highest BCUT2D eigenvalue weighted by atomic mass is 16.6. The van der Waals surface area contributed by atoms with E-state index in [2.05, 4.69) is 0 Å². The molecule has 0 aromatic carbocycles. The molecule has 0 unspecified atom stereocenters. The SMILES string of the molecule is O=C1OC2(CCCC2)C2=C1CCCC2. The van der Waals surface area contributed by atoms with Gasteiger partial charge in [-0.3, -0.25) is 0 Å². The van der Waals surface area contributed by atoms with E-state index in [0.717, 1.165) is 31.3 Å². The van der Waals surface area contributed by atoms with E-state index in [-0.39, 0.29) is 11.6 Å². The fourth-order valence-corrected chi connectivity index (χ4v) is 3.28. The standard InChI is InChI=1S/C12H16O2/c13-11-9-5-1-2-6-10(9)12(14-11)7-3-4-8-12/h1-8H2. The molecule has 0 bridgehead atoms. The molecular formula is C12H16O2. The van der Waals surface area contributed by atoms with Crippen LogP contribution in [0, 0.1) is 0 Å². The predicted octanol–water partition coefficient (Wildman–Crippen LogP) is 2.73. The highest BCUT2D eigenvalue weighted by Gasteiger charge is 2.48. The highest BCUT2D eigenvalue weighted by Crippen LogP contribution is 2.49. The minimum atomic E-state index is -0.118. The van der Waals surface area contributed by atoms with Crippen LogP contribution in [0.1, 0.15) is 51.4 Å². The minimum absolute atomic E-state index is 0.00148. The Kier molecular flexibility index (Phi) is 1.73. The third-order valence-electron chi connectivity index (χ3n) is 3.96. The molecule has 2 nitrogen and oxygen atoms in total. The first-order chi connectivity index (χ1) is 6.82. The summed E-state index contributed by atoms with van der Waals surface area (Å²) in [7, 11) is 0. The molecular weight excluding hydrogens is 176 g/mol. The van der Waals surface area contributed by atoms with Gasteiger partial charge >= 0.3 is 5.97 Å². The van der Waals surface area contributed by atoms with Crippen molar-refractivity contribution in [2.75, 3.05) is 0 Å². The lowest BCUT2D eigenvalue weighted by molar-refractivity contribution is -0.146. The van der Waals surface area contributed by atoms with Crippen molar-refractivity contribution in [3.8, 4) is 0 Å². The average molecular weight is 192 g/mol. The molecule has 2 heteroatoms. The van der Waals surface area contributed by atoms with Crippen LogP contribution in [0.5, 0.6) is 0 Å². The first kappa shape index (κ1) is 8.51. The van der Waals surface area contributed by atoms with E-state index in [1.54, 1.807) is 0 Å². The molecule has 0 aromatic rings. The molecule has 0 aromatic heterocycles. The van der Waals surface area contributed by atoms with Gasteiger partial charge < -0.3 is 4.74 Å². The van der Waals surface area contributed by atoms with Crippen LogP contribution in [0.2, 0.25) is 0 Å². The van der Waals surface area contributed by atoms with Crippen molar-refractivity contribution in [1.82, 2.24) is 0 Å². The predicted molar refractivity (Wildman–Crippen MR) is 52.8 cm³/mol. The molecule has 1 spiro atoms. The van der Waals surface area contributed by atoms with Crippen LogP contribution in [0.4, 0.5) is 0 Å². The Morgan fingerprint density at radius 1 is 1.00 bits per heavy atom. The zero-order chi connectivity index (χ0) is 9.60. The molecule has 3 rings (SSSR count). The fourth-order valence-electron chi connectivity index (χ4n) is 3.28. The summed E-state index contributed by atoms with van der Waals surface area (Å²) in [6, 6.07) is 0. The summed E-state index contributed by atoms with van der Waals surface area (Å²) >= 11 is 0. The van der Waals surface area contributed by atoms with E-state index in [1.807, 2.05) is 0 Å². The van der Waals surface area contributed by atoms with Crippen LogP contribution >= 0.6 is 0 Å². The van der Waals surface area contributed by atoms with Gasteiger partial charge in [-0.15, -0.1) is 0 Å². The summed E-state index contributed by atoms with van der Waals surface area (Å²) in [5, 5.41) is 0. The smallest absolute Gasteiger partial charge is 0.334 e. The van der Waals surface area contributed by atoms with Crippen molar-refractivity contribution >= 4 is 5.97 Å². The first-order valence-electron chi connectivity index (χ1n) is 5.78. The number of hydrogen-bond donors (Lipinski definition) is 0. The number of carbonyl (C=O) groups excluding carboxylic acids is 1. The number of rotatable bonds is 0. The van der Waals surface area contributed by atoms with E-state index >= 15 is 0 Å². The molecule has 0 N–H and O–H groups in total. The summed E-state index contributed by atoms with van der Waals surface area (Å²) < 4.78 is 5.64. The molecule has 76 valence electrons. The molecule has 3 aliphatic rings. The second-order valence-corrected chi connectivity index (χ2v) is 4.76. The lowest BCUT2D eigenvalue weighted by atomic mass is 9.82. The molecule has 2 aliphatic carbocycles. The lowest BCUT2D eigenvalue weighted by Gasteiger charge is -2.27. The molecule has 0 amide bonds. The summed E-state index contributed by atoms with van der Waals surface area (Å²) in [5.74, 6) is 0.00148.